The Hall–Kier alpha value is -3.16. The summed E-state index contributed by atoms with van der Waals surface area (Å²) in [5.41, 5.74) is 3.06. The summed E-state index contributed by atoms with van der Waals surface area (Å²) in [5, 5.41) is 7.05. The number of nitrogens with zero attached hydrogens (tertiary/aromatic N) is 4. The van der Waals surface area contributed by atoms with Crippen LogP contribution in [0.4, 0.5) is 5.95 Å². The van der Waals surface area contributed by atoms with E-state index in [1.807, 2.05) is 31.3 Å². The van der Waals surface area contributed by atoms with Crippen LogP contribution in [0.1, 0.15) is 35.2 Å². The predicted octanol–water partition coefficient (Wildman–Crippen LogP) is 2.34. The number of carbonyl (C=O) groups excluding carboxylic acids is 1. The fourth-order valence-electron chi connectivity index (χ4n) is 3.41. The Morgan fingerprint density at radius 3 is 3.11 bits per heavy atom. The maximum atomic E-state index is 12.7. The first-order valence-corrected chi connectivity index (χ1v) is 9.13. The minimum atomic E-state index is -0.126. The number of hydrogen-bond acceptors (Lipinski definition) is 6. The van der Waals surface area contributed by atoms with Gasteiger partial charge in [-0.25, -0.2) is 9.97 Å². The molecular weight excluding hydrogens is 344 g/mol. The van der Waals surface area contributed by atoms with Crippen molar-refractivity contribution < 1.29 is 9.32 Å². The number of amides is 1. The molecule has 0 aromatic carbocycles. The largest absolute Gasteiger partial charge is 0.361 e. The van der Waals surface area contributed by atoms with Gasteiger partial charge >= 0.3 is 0 Å². The molecule has 1 atom stereocenters. The molecular formula is C19H22N6O2. The number of aryl methyl sites for hydroxylation is 2. The van der Waals surface area contributed by atoms with Gasteiger partial charge in [-0.1, -0.05) is 12.1 Å². The van der Waals surface area contributed by atoms with Gasteiger partial charge in [-0.3, -0.25) is 4.79 Å². The van der Waals surface area contributed by atoms with Crippen molar-refractivity contribution in [3.05, 3.63) is 47.6 Å². The molecule has 1 aliphatic heterocycles. The zero-order valence-electron chi connectivity index (χ0n) is 15.4. The summed E-state index contributed by atoms with van der Waals surface area (Å²) in [7, 11) is 0. The molecule has 1 amide bonds. The zero-order valence-corrected chi connectivity index (χ0v) is 15.4. The van der Waals surface area contributed by atoms with E-state index in [1.54, 1.807) is 13.1 Å². The Balaban J connectivity index is 1.44. The number of H-pyrrole nitrogens is 1. The summed E-state index contributed by atoms with van der Waals surface area (Å²) in [6, 6.07) is 5.84. The van der Waals surface area contributed by atoms with E-state index in [2.05, 4.69) is 30.3 Å². The fourth-order valence-corrected chi connectivity index (χ4v) is 3.41. The van der Waals surface area contributed by atoms with E-state index in [0.717, 1.165) is 24.4 Å². The molecule has 0 saturated carbocycles. The van der Waals surface area contributed by atoms with Crippen LogP contribution < -0.4 is 10.2 Å². The van der Waals surface area contributed by atoms with Gasteiger partial charge < -0.3 is 19.7 Å². The number of aromatic amines is 1. The lowest BCUT2D eigenvalue weighted by Crippen LogP contribution is -2.37. The predicted molar refractivity (Wildman–Crippen MR) is 101 cm³/mol. The quantitative estimate of drug-likeness (QED) is 0.719. The van der Waals surface area contributed by atoms with Gasteiger partial charge in [-0.05, 0) is 38.0 Å². The van der Waals surface area contributed by atoms with Crippen molar-refractivity contribution >= 4 is 11.9 Å². The van der Waals surface area contributed by atoms with Crippen molar-refractivity contribution in [3.63, 3.8) is 0 Å². The first kappa shape index (κ1) is 17.3. The highest BCUT2D eigenvalue weighted by atomic mass is 16.5. The van der Waals surface area contributed by atoms with Gasteiger partial charge in [-0.15, -0.1) is 0 Å². The average molecular weight is 366 g/mol. The van der Waals surface area contributed by atoms with Crippen LogP contribution in [-0.4, -0.2) is 45.1 Å². The van der Waals surface area contributed by atoms with Crippen LogP contribution >= 0.6 is 0 Å². The van der Waals surface area contributed by atoms with E-state index < -0.39 is 0 Å². The smallest absolute Gasteiger partial charge is 0.257 e. The third-order valence-electron chi connectivity index (χ3n) is 4.82. The summed E-state index contributed by atoms with van der Waals surface area (Å²) < 4.78 is 5.17. The highest BCUT2D eigenvalue weighted by molar-refractivity contribution is 5.96. The lowest BCUT2D eigenvalue weighted by molar-refractivity contribution is 0.0938. The SMILES string of the molecule is CCc1noc(C)c1C(=O)NC1CCN(c2nccc(-c3ccc[nH]3)n2)C1. The minimum absolute atomic E-state index is 0.0363. The van der Waals surface area contributed by atoms with Crippen molar-refractivity contribution in [1.29, 1.82) is 0 Å². The second-order valence-corrected chi connectivity index (χ2v) is 6.64. The third kappa shape index (κ3) is 3.42. The van der Waals surface area contributed by atoms with Crippen LogP contribution in [0.25, 0.3) is 11.4 Å². The van der Waals surface area contributed by atoms with Crippen molar-refractivity contribution in [2.45, 2.75) is 32.7 Å². The molecule has 2 N–H and O–H groups in total. The Morgan fingerprint density at radius 2 is 2.33 bits per heavy atom. The Labute approximate surface area is 157 Å². The zero-order chi connectivity index (χ0) is 18.8. The molecule has 8 heteroatoms. The molecule has 0 bridgehead atoms. The first-order valence-electron chi connectivity index (χ1n) is 9.13. The van der Waals surface area contributed by atoms with Gasteiger partial charge in [0.15, 0.2) is 0 Å². The van der Waals surface area contributed by atoms with Gasteiger partial charge in [0.2, 0.25) is 5.95 Å². The molecule has 3 aromatic rings. The van der Waals surface area contributed by atoms with Crippen LogP contribution in [0.5, 0.6) is 0 Å². The van der Waals surface area contributed by atoms with Crippen LogP contribution in [-0.2, 0) is 6.42 Å². The van der Waals surface area contributed by atoms with E-state index in [9.17, 15) is 4.79 Å². The number of aromatic nitrogens is 4. The van der Waals surface area contributed by atoms with Gasteiger partial charge in [0.05, 0.1) is 17.1 Å². The number of anilines is 1. The number of rotatable bonds is 5. The molecule has 1 aliphatic rings. The van der Waals surface area contributed by atoms with Gasteiger partial charge in [-0.2, -0.15) is 0 Å². The van der Waals surface area contributed by atoms with E-state index in [1.165, 1.54) is 0 Å². The Morgan fingerprint density at radius 1 is 1.44 bits per heavy atom. The number of hydrogen-bond donors (Lipinski definition) is 2. The highest BCUT2D eigenvalue weighted by Gasteiger charge is 2.28. The lowest BCUT2D eigenvalue weighted by atomic mass is 10.1. The van der Waals surface area contributed by atoms with Crippen molar-refractivity contribution in [2.75, 3.05) is 18.0 Å². The van der Waals surface area contributed by atoms with Gasteiger partial charge in [0.1, 0.15) is 11.3 Å². The van der Waals surface area contributed by atoms with Crippen LogP contribution in [0.3, 0.4) is 0 Å². The van der Waals surface area contributed by atoms with E-state index in [-0.39, 0.29) is 11.9 Å². The summed E-state index contributed by atoms with van der Waals surface area (Å²) in [6.07, 6.45) is 5.14. The molecule has 3 aromatic heterocycles. The summed E-state index contributed by atoms with van der Waals surface area (Å²) in [4.78, 5) is 27.0. The maximum absolute atomic E-state index is 12.7. The molecule has 0 radical (unpaired) electrons. The maximum Gasteiger partial charge on any atom is 0.257 e. The molecule has 1 unspecified atom stereocenters. The second-order valence-electron chi connectivity index (χ2n) is 6.64. The summed E-state index contributed by atoms with van der Waals surface area (Å²) in [6.45, 7) is 5.19. The second kappa shape index (κ2) is 7.22. The number of carbonyl (C=O) groups is 1. The molecule has 4 heterocycles. The topological polar surface area (TPSA) is 99.9 Å². The highest BCUT2D eigenvalue weighted by Crippen LogP contribution is 2.21. The van der Waals surface area contributed by atoms with Crippen molar-refractivity contribution in [3.8, 4) is 11.4 Å². The standard InChI is InChI=1S/C19H22N6O2/c1-3-14-17(12(2)27-24-14)18(26)22-13-7-10-25(11-13)19-21-9-6-16(23-19)15-5-4-8-20-15/h4-6,8-9,13,20H,3,7,10-11H2,1-2H3,(H,22,26). The number of nitrogens with one attached hydrogen (secondary N) is 2. The van der Waals surface area contributed by atoms with Crippen molar-refractivity contribution in [1.82, 2.24) is 25.4 Å². The molecule has 1 fully saturated rings. The fraction of sp³-hybridized carbons (Fsp3) is 0.368. The molecule has 27 heavy (non-hydrogen) atoms. The molecule has 1 saturated heterocycles. The van der Waals surface area contributed by atoms with Crippen LogP contribution in [0.2, 0.25) is 0 Å². The first-order chi connectivity index (χ1) is 13.2. The Bertz CT molecular complexity index is 934. The lowest BCUT2D eigenvalue weighted by Gasteiger charge is -2.17. The van der Waals surface area contributed by atoms with Crippen LogP contribution in [0, 0.1) is 6.92 Å². The molecule has 4 rings (SSSR count). The molecule has 0 aliphatic carbocycles. The molecule has 8 nitrogen and oxygen atoms in total. The molecule has 140 valence electrons. The molecule has 0 spiro atoms. The van der Waals surface area contributed by atoms with E-state index >= 15 is 0 Å². The van der Waals surface area contributed by atoms with Crippen molar-refractivity contribution in [2.24, 2.45) is 0 Å². The van der Waals surface area contributed by atoms with Gasteiger partial charge in [0.25, 0.3) is 5.91 Å². The van der Waals surface area contributed by atoms with E-state index in [4.69, 9.17) is 4.52 Å². The van der Waals surface area contributed by atoms with Gasteiger partial charge in [0, 0.05) is 31.5 Å². The normalized spacial score (nSPS) is 16.7. The monoisotopic (exact) mass is 366 g/mol. The average Bonchev–Trinajstić information content (AvgIpc) is 3.42. The summed E-state index contributed by atoms with van der Waals surface area (Å²) in [5.74, 6) is 1.11. The van der Waals surface area contributed by atoms with Crippen LogP contribution in [0.15, 0.2) is 35.1 Å². The minimum Gasteiger partial charge on any atom is -0.361 e. The Kier molecular flexibility index (Phi) is 4.62. The summed E-state index contributed by atoms with van der Waals surface area (Å²) >= 11 is 0. The third-order valence-corrected chi connectivity index (χ3v) is 4.82. The van der Waals surface area contributed by atoms with E-state index in [0.29, 0.717) is 35.9 Å².